The maximum atomic E-state index is 13.7. The van der Waals surface area contributed by atoms with Crippen LogP contribution in [-0.2, 0) is 58.3 Å². The summed E-state index contributed by atoms with van der Waals surface area (Å²) in [6, 6.07) is 6.49. The Morgan fingerprint density at radius 1 is 0.891 bits per heavy atom. The van der Waals surface area contributed by atoms with E-state index >= 15 is 0 Å². The molecular weight excluding hydrogens is 821 g/mol. The number of anilines is 1. The average Bonchev–Trinajstić information content (AvgIpc) is 3.63. The number of carbonyl (C=O) groups is 2. The molecule has 0 spiro atoms. The van der Waals surface area contributed by atoms with Crippen molar-refractivity contribution in [2.24, 2.45) is 11.0 Å². The summed E-state index contributed by atoms with van der Waals surface area (Å²) in [6.45, 7) is 2.85. The highest BCUT2D eigenvalue weighted by atomic mass is 32.2. The summed E-state index contributed by atoms with van der Waals surface area (Å²) in [5.41, 5.74) is -2.40. The summed E-state index contributed by atoms with van der Waals surface area (Å²) < 4.78 is 82.9. The van der Waals surface area contributed by atoms with Gasteiger partial charge in [0.05, 0.1) is 65.9 Å². The maximum Gasteiger partial charge on any atom is 0.357 e. The molecule has 0 unspecified atom stereocenters. The Bertz CT molecular complexity index is 2250. The zero-order valence-electron chi connectivity index (χ0n) is 28.2. The first-order valence-corrected chi connectivity index (χ1v) is 19.6. The SMILES string of the molecule is CCOOCC1=NN(c2cc(SOOO)ccc2S(=O)(=O)O)C(=O)[C@@H]1CC=CC=Cc1c(C(=O)OCC)[nH]n(-c2cc(SOOO)ccc2S(=O)(=O)O)c1=O. The van der Waals surface area contributed by atoms with Gasteiger partial charge >= 0.3 is 5.97 Å². The Morgan fingerprint density at radius 2 is 1.49 bits per heavy atom. The van der Waals surface area contributed by atoms with Crippen LogP contribution >= 0.6 is 24.1 Å². The molecule has 1 aliphatic rings. The number of nitrogens with zero attached hydrogens (tertiary/aromatic N) is 3. The van der Waals surface area contributed by atoms with Crippen molar-refractivity contribution in [2.45, 2.75) is 39.9 Å². The number of aromatic nitrogens is 2. The van der Waals surface area contributed by atoms with E-state index in [4.69, 9.17) is 25.0 Å². The number of hydrogen-bond acceptors (Lipinski definition) is 19. The number of hydrogen-bond donors (Lipinski definition) is 5. The summed E-state index contributed by atoms with van der Waals surface area (Å²) in [7, 11) is -9.82. The van der Waals surface area contributed by atoms with Crippen molar-refractivity contribution in [1.82, 2.24) is 9.78 Å². The summed E-state index contributed by atoms with van der Waals surface area (Å²) in [5.74, 6) is -2.82. The number of nitrogens with one attached hydrogen (secondary N) is 1. The van der Waals surface area contributed by atoms with Gasteiger partial charge in [0.1, 0.15) is 16.4 Å². The molecule has 0 saturated heterocycles. The molecule has 4 rings (SSSR count). The van der Waals surface area contributed by atoms with Crippen LogP contribution in [0.1, 0.15) is 36.3 Å². The van der Waals surface area contributed by atoms with Crippen molar-refractivity contribution in [3.05, 3.63) is 76.2 Å². The lowest BCUT2D eigenvalue weighted by atomic mass is 9.99. The van der Waals surface area contributed by atoms with Crippen LogP contribution in [0.5, 0.6) is 0 Å². The fraction of sp³-hybridized carbons (Fsp3) is 0.241. The molecule has 0 radical (unpaired) electrons. The molecule has 0 aliphatic carbocycles. The lowest BCUT2D eigenvalue weighted by Crippen LogP contribution is -2.29. The summed E-state index contributed by atoms with van der Waals surface area (Å²) in [6.07, 6.45) is 5.27. The minimum atomic E-state index is -4.93. The molecule has 1 amide bonds. The molecule has 55 heavy (non-hydrogen) atoms. The molecule has 1 atom stereocenters. The quantitative estimate of drug-likeness (QED) is 0.0206. The molecule has 5 N–H and O–H groups in total. The number of amides is 1. The number of allylic oxidation sites excluding steroid dienone is 3. The van der Waals surface area contributed by atoms with E-state index in [-0.39, 0.29) is 53.0 Å². The third-order valence-corrected chi connectivity index (χ3v) is 9.99. The van der Waals surface area contributed by atoms with E-state index in [0.29, 0.717) is 28.8 Å². The highest BCUT2D eigenvalue weighted by molar-refractivity contribution is 7.94. The number of esters is 1. The minimum absolute atomic E-state index is 0.0883. The maximum absolute atomic E-state index is 13.7. The normalized spacial score (nSPS) is 15.1. The van der Waals surface area contributed by atoms with E-state index < -0.39 is 64.8 Å². The highest BCUT2D eigenvalue weighted by Gasteiger charge is 2.38. The topological polar surface area (TPSA) is 301 Å². The zero-order valence-corrected chi connectivity index (χ0v) is 31.4. The smallest absolute Gasteiger partial charge is 0.357 e. The van der Waals surface area contributed by atoms with Crippen LogP contribution in [0.15, 0.2) is 84.1 Å². The second-order valence-electron chi connectivity index (χ2n) is 10.4. The molecule has 2 aromatic carbocycles. The number of aromatic amines is 1. The van der Waals surface area contributed by atoms with Gasteiger partial charge in [-0.1, -0.05) is 28.3 Å². The number of ether oxygens (including phenoxy) is 1. The van der Waals surface area contributed by atoms with Crippen LogP contribution in [0.25, 0.3) is 11.8 Å². The van der Waals surface area contributed by atoms with Gasteiger partial charge in [-0.3, -0.25) is 23.8 Å². The van der Waals surface area contributed by atoms with E-state index in [1.54, 1.807) is 6.92 Å². The first-order valence-electron chi connectivity index (χ1n) is 15.2. The second-order valence-corrected chi connectivity index (χ2v) is 14.7. The number of hydrazone groups is 1. The monoisotopic (exact) mass is 850 g/mol. The summed E-state index contributed by atoms with van der Waals surface area (Å²) >= 11 is 0.870. The molecule has 1 aliphatic heterocycles. The van der Waals surface area contributed by atoms with Gasteiger partial charge in [-0.05, 0) is 62.7 Å². The van der Waals surface area contributed by atoms with Crippen molar-refractivity contribution in [1.29, 1.82) is 0 Å². The lowest BCUT2D eigenvalue weighted by Gasteiger charge is -2.17. The first kappa shape index (κ1) is 43.5. The van der Waals surface area contributed by atoms with Crippen LogP contribution in [0.3, 0.4) is 0 Å². The van der Waals surface area contributed by atoms with Crippen LogP contribution in [0.2, 0.25) is 0 Å². The van der Waals surface area contributed by atoms with Gasteiger partial charge < -0.3 is 4.74 Å². The Kier molecular flexibility index (Phi) is 15.5. The van der Waals surface area contributed by atoms with Gasteiger partial charge in [0, 0.05) is 9.79 Å². The number of H-pyrrole nitrogens is 1. The van der Waals surface area contributed by atoms with E-state index in [1.165, 1.54) is 43.4 Å². The summed E-state index contributed by atoms with van der Waals surface area (Å²) in [4.78, 5) is 49.0. The molecule has 2 heterocycles. The van der Waals surface area contributed by atoms with Crippen molar-refractivity contribution in [3.63, 3.8) is 0 Å². The Hall–Kier alpha value is -4.26. The van der Waals surface area contributed by atoms with E-state index in [1.807, 2.05) is 0 Å². The van der Waals surface area contributed by atoms with Gasteiger partial charge in [-0.25, -0.2) is 29.8 Å². The van der Waals surface area contributed by atoms with Gasteiger partial charge in [0.25, 0.3) is 31.7 Å². The number of carbonyl (C=O) groups excluding carboxylic acids is 2. The first-order chi connectivity index (χ1) is 26.2. The molecule has 0 fully saturated rings. The van der Waals surface area contributed by atoms with E-state index in [9.17, 15) is 40.3 Å². The van der Waals surface area contributed by atoms with Gasteiger partial charge in [-0.15, -0.1) is 8.67 Å². The fourth-order valence-electron chi connectivity index (χ4n) is 4.82. The third kappa shape index (κ3) is 11.0. The molecule has 26 heteroatoms. The molecule has 0 saturated carbocycles. The third-order valence-electron chi connectivity index (χ3n) is 7.04. The Labute approximate surface area is 319 Å². The molecule has 22 nitrogen and oxygen atoms in total. The van der Waals surface area contributed by atoms with Crippen LogP contribution in [0.4, 0.5) is 5.69 Å². The standard InChI is InChI=1S/C29H30N4O18S4/c1-3-45-29(36)26-20(28(35)33(31-26)23-15-18(53-51-49-38)11-13-25(23)55(42,43)44)9-7-5-6-8-19-21(16-47-46-4-2)30-32(27(19)34)22-14-17(52-50-48-37)10-12-24(22)54(39,40)41/h5-7,9-15,19,31,37-38H,3-4,8,16H2,1-2H3,(H,39,40,41)(H,42,43,44)/t19-/m1/s1. The van der Waals surface area contributed by atoms with Crippen molar-refractivity contribution < 1.29 is 79.3 Å². The molecular formula is C29H30N4O18S4. The van der Waals surface area contributed by atoms with Crippen molar-refractivity contribution in [3.8, 4) is 5.69 Å². The van der Waals surface area contributed by atoms with Crippen molar-refractivity contribution in [2.75, 3.05) is 24.8 Å². The van der Waals surface area contributed by atoms with Crippen LogP contribution in [0, 0.1) is 5.92 Å². The predicted molar refractivity (Wildman–Crippen MR) is 189 cm³/mol. The van der Waals surface area contributed by atoms with Gasteiger partial charge in [0.15, 0.2) is 5.69 Å². The van der Waals surface area contributed by atoms with Crippen molar-refractivity contribution >= 4 is 73.7 Å². The van der Waals surface area contributed by atoms with Crippen LogP contribution < -0.4 is 10.6 Å². The van der Waals surface area contributed by atoms with E-state index in [2.05, 4.69) is 28.9 Å². The molecule has 0 bridgehead atoms. The molecule has 1 aromatic heterocycles. The fourth-order valence-corrected chi connectivity index (χ4v) is 6.91. The largest absolute Gasteiger partial charge is 0.461 e. The predicted octanol–water partition coefficient (Wildman–Crippen LogP) is 3.64. The Morgan fingerprint density at radius 3 is 2.05 bits per heavy atom. The highest BCUT2D eigenvalue weighted by Crippen LogP contribution is 2.35. The molecule has 298 valence electrons. The van der Waals surface area contributed by atoms with Gasteiger partial charge in [0.2, 0.25) is 0 Å². The lowest BCUT2D eigenvalue weighted by molar-refractivity contribution is -0.432. The summed E-state index contributed by atoms with van der Waals surface area (Å²) in [5, 5.41) is 31.5. The average molecular weight is 851 g/mol. The van der Waals surface area contributed by atoms with Gasteiger partial charge in [-0.2, -0.15) is 26.9 Å². The van der Waals surface area contributed by atoms with Crippen LogP contribution in [-0.4, -0.2) is 83.6 Å². The minimum Gasteiger partial charge on any atom is -0.461 e. The Balaban J connectivity index is 1.68. The second kappa shape index (κ2) is 19.6. The number of rotatable bonds is 20. The molecule has 3 aromatic rings. The number of benzene rings is 2. The van der Waals surface area contributed by atoms with E-state index in [0.717, 1.165) is 29.3 Å². The zero-order chi connectivity index (χ0) is 40.3.